The van der Waals surface area contributed by atoms with Crippen LogP contribution >= 0.6 is 0 Å². The van der Waals surface area contributed by atoms with Gasteiger partial charge in [0.25, 0.3) is 5.91 Å². The van der Waals surface area contributed by atoms with Crippen LogP contribution in [0.4, 0.5) is 5.69 Å². The third-order valence-electron chi connectivity index (χ3n) is 5.23. The number of aromatic nitrogens is 2. The van der Waals surface area contributed by atoms with Gasteiger partial charge in [-0.2, -0.15) is 5.10 Å². The Kier molecular flexibility index (Phi) is 6.09. The van der Waals surface area contributed by atoms with E-state index in [0.29, 0.717) is 35.9 Å². The van der Waals surface area contributed by atoms with E-state index in [2.05, 4.69) is 10.4 Å². The van der Waals surface area contributed by atoms with Gasteiger partial charge in [-0.1, -0.05) is 30.3 Å². The molecule has 7 nitrogen and oxygen atoms in total. The summed E-state index contributed by atoms with van der Waals surface area (Å²) in [4.78, 5) is 13.3. The maximum absolute atomic E-state index is 13.3. The summed E-state index contributed by atoms with van der Waals surface area (Å²) < 4.78 is 18.4. The third-order valence-corrected chi connectivity index (χ3v) is 5.23. The minimum atomic E-state index is -0.278. The van der Waals surface area contributed by atoms with Gasteiger partial charge in [0, 0.05) is 11.9 Å². The van der Waals surface area contributed by atoms with Crippen LogP contribution in [-0.4, -0.2) is 15.7 Å². The van der Waals surface area contributed by atoms with Crippen LogP contribution in [0.2, 0.25) is 0 Å². The number of carbonyl (C=O) groups excluding carboxylic acids is 1. The molecule has 0 aliphatic rings. The van der Waals surface area contributed by atoms with Crippen molar-refractivity contribution in [3.8, 4) is 17.1 Å². The largest absolute Gasteiger partial charge is 0.467 e. The summed E-state index contributed by atoms with van der Waals surface area (Å²) in [5, 5.41) is 7.62. The molecule has 0 atom stereocenters. The molecule has 1 amide bonds. The summed E-state index contributed by atoms with van der Waals surface area (Å²) in [5.41, 5.74) is 3.34. The zero-order chi connectivity index (χ0) is 23.3. The summed E-state index contributed by atoms with van der Waals surface area (Å²) in [7, 11) is 0. The van der Waals surface area contributed by atoms with Crippen LogP contribution in [0.1, 0.15) is 27.4 Å². The number of hydrogen-bond acceptors (Lipinski definition) is 5. The summed E-state index contributed by atoms with van der Waals surface area (Å²) in [6, 6.07) is 24.6. The second-order valence-corrected chi connectivity index (χ2v) is 7.81. The van der Waals surface area contributed by atoms with Gasteiger partial charge >= 0.3 is 0 Å². The van der Waals surface area contributed by atoms with Gasteiger partial charge in [0.2, 0.25) is 0 Å². The lowest BCUT2D eigenvalue weighted by atomic mass is 10.1. The van der Waals surface area contributed by atoms with Crippen molar-refractivity contribution in [2.24, 2.45) is 0 Å². The van der Waals surface area contributed by atoms with E-state index >= 15 is 0 Å². The zero-order valence-electron chi connectivity index (χ0n) is 18.6. The summed E-state index contributed by atoms with van der Waals surface area (Å²) in [6.07, 6.45) is 3.33. The van der Waals surface area contributed by atoms with Crippen molar-refractivity contribution >= 4 is 11.6 Å². The molecule has 170 valence electrons. The van der Waals surface area contributed by atoms with E-state index in [9.17, 15) is 4.79 Å². The van der Waals surface area contributed by atoms with Gasteiger partial charge < -0.3 is 18.9 Å². The number of nitrogens with one attached hydrogen (secondary N) is 1. The first kappa shape index (κ1) is 21.5. The molecule has 0 saturated heterocycles. The van der Waals surface area contributed by atoms with Gasteiger partial charge in [-0.25, -0.2) is 4.68 Å². The fourth-order valence-corrected chi connectivity index (χ4v) is 3.60. The Morgan fingerprint density at radius 1 is 1.00 bits per heavy atom. The smallest absolute Gasteiger partial charge is 0.259 e. The Morgan fingerprint density at radius 3 is 2.65 bits per heavy atom. The number of para-hydroxylation sites is 1. The van der Waals surface area contributed by atoms with E-state index in [0.717, 1.165) is 22.8 Å². The Labute approximate surface area is 196 Å². The van der Waals surface area contributed by atoms with Gasteiger partial charge in [-0.05, 0) is 61.0 Å². The highest BCUT2D eigenvalue weighted by molar-refractivity contribution is 6.07. The van der Waals surface area contributed by atoms with Crippen LogP contribution < -0.4 is 5.32 Å². The number of aryl methyl sites for hydroxylation is 1. The van der Waals surface area contributed by atoms with Gasteiger partial charge in [-0.3, -0.25) is 4.79 Å². The minimum absolute atomic E-state index is 0.278. The van der Waals surface area contributed by atoms with Crippen molar-refractivity contribution in [1.82, 2.24) is 9.78 Å². The minimum Gasteiger partial charge on any atom is -0.467 e. The SMILES string of the molecule is Cc1ccc(-c2nn(-c3ccccc3)cc2C(=O)Nc2cccc(COCc3ccco3)c2)o1. The lowest BCUT2D eigenvalue weighted by Gasteiger charge is -2.08. The fourth-order valence-electron chi connectivity index (χ4n) is 3.60. The van der Waals surface area contributed by atoms with Gasteiger partial charge in [-0.15, -0.1) is 0 Å². The second-order valence-electron chi connectivity index (χ2n) is 7.81. The van der Waals surface area contributed by atoms with Crippen LogP contribution in [0.25, 0.3) is 17.1 Å². The second kappa shape index (κ2) is 9.64. The monoisotopic (exact) mass is 453 g/mol. The van der Waals surface area contributed by atoms with Crippen LogP contribution in [0.15, 0.2) is 100 Å². The highest BCUT2D eigenvalue weighted by atomic mass is 16.5. The van der Waals surface area contributed by atoms with Crippen molar-refractivity contribution in [2.45, 2.75) is 20.1 Å². The first-order valence-corrected chi connectivity index (χ1v) is 10.9. The third kappa shape index (κ3) is 4.84. The number of rotatable bonds is 8. The molecule has 0 aliphatic heterocycles. The van der Waals surface area contributed by atoms with E-state index in [1.165, 1.54) is 0 Å². The molecule has 0 saturated carbocycles. The normalized spacial score (nSPS) is 11.0. The number of carbonyl (C=O) groups is 1. The van der Waals surface area contributed by atoms with Crippen LogP contribution in [0.3, 0.4) is 0 Å². The van der Waals surface area contributed by atoms with Gasteiger partial charge in [0.15, 0.2) is 5.76 Å². The molecule has 0 spiro atoms. The lowest BCUT2D eigenvalue weighted by molar-refractivity contribution is 0.0929. The quantitative estimate of drug-likeness (QED) is 0.311. The highest BCUT2D eigenvalue weighted by Gasteiger charge is 2.21. The molecule has 0 bridgehead atoms. The Balaban J connectivity index is 1.36. The van der Waals surface area contributed by atoms with Crippen molar-refractivity contribution in [2.75, 3.05) is 5.32 Å². The molecule has 0 fully saturated rings. The Hall–Kier alpha value is -4.36. The molecule has 3 heterocycles. The standard InChI is InChI=1S/C27H23N3O4/c1-19-12-13-25(34-19)26-24(16-30(29-26)22-9-3-2-4-10-22)27(31)28-21-8-5-7-20(15-21)17-32-18-23-11-6-14-33-23/h2-16H,17-18H2,1H3,(H,28,31). The zero-order valence-corrected chi connectivity index (χ0v) is 18.6. The molecular weight excluding hydrogens is 430 g/mol. The molecule has 5 aromatic rings. The molecule has 5 rings (SSSR count). The van der Waals surface area contributed by atoms with Crippen molar-refractivity contribution in [1.29, 1.82) is 0 Å². The molecular formula is C27H23N3O4. The Bertz CT molecular complexity index is 1380. The molecule has 0 radical (unpaired) electrons. The number of ether oxygens (including phenoxy) is 1. The molecule has 34 heavy (non-hydrogen) atoms. The number of hydrogen-bond donors (Lipinski definition) is 1. The number of amides is 1. The van der Waals surface area contributed by atoms with Gasteiger partial charge in [0.1, 0.15) is 23.8 Å². The first-order valence-electron chi connectivity index (χ1n) is 10.9. The first-order chi connectivity index (χ1) is 16.7. The number of nitrogens with zero attached hydrogens (tertiary/aromatic N) is 2. The molecule has 7 heteroatoms. The predicted molar refractivity (Wildman–Crippen MR) is 128 cm³/mol. The maximum Gasteiger partial charge on any atom is 0.259 e. The molecule has 0 aliphatic carbocycles. The topological polar surface area (TPSA) is 82.4 Å². The number of furan rings is 2. The predicted octanol–water partition coefficient (Wildman–Crippen LogP) is 6.00. The van der Waals surface area contributed by atoms with E-state index in [1.807, 2.05) is 85.8 Å². The molecule has 2 aromatic carbocycles. The van der Waals surface area contributed by atoms with E-state index < -0.39 is 0 Å². The molecule has 0 unspecified atom stereocenters. The maximum atomic E-state index is 13.3. The summed E-state index contributed by atoms with van der Waals surface area (Å²) in [5.74, 6) is 1.77. The van der Waals surface area contributed by atoms with Crippen LogP contribution in [-0.2, 0) is 18.0 Å². The van der Waals surface area contributed by atoms with E-state index in [1.54, 1.807) is 17.1 Å². The highest BCUT2D eigenvalue weighted by Crippen LogP contribution is 2.26. The van der Waals surface area contributed by atoms with E-state index in [-0.39, 0.29) is 5.91 Å². The van der Waals surface area contributed by atoms with Crippen molar-refractivity contribution in [3.63, 3.8) is 0 Å². The van der Waals surface area contributed by atoms with Crippen molar-refractivity contribution in [3.05, 3.63) is 114 Å². The summed E-state index contributed by atoms with van der Waals surface area (Å²) >= 11 is 0. The molecule has 1 N–H and O–H groups in total. The Morgan fingerprint density at radius 2 is 1.88 bits per heavy atom. The number of benzene rings is 2. The fraction of sp³-hybridized carbons (Fsp3) is 0.111. The summed E-state index contributed by atoms with van der Waals surface area (Å²) in [6.45, 7) is 2.64. The lowest BCUT2D eigenvalue weighted by Crippen LogP contribution is -2.12. The van der Waals surface area contributed by atoms with Gasteiger partial charge in [0.05, 0.1) is 24.1 Å². The average molecular weight is 453 g/mol. The molecule has 3 aromatic heterocycles. The average Bonchev–Trinajstić information content (AvgIpc) is 3.61. The van der Waals surface area contributed by atoms with Crippen LogP contribution in [0, 0.1) is 6.92 Å². The number of anilines is 1. The van der Waals surface area contributed by atoms with Crippen LogP contribution in [0.5, 0.6) is 0 Å². The van der Waals surface area contributed by atoms with Crippen molar-refractivity contribution < 1.29 is 18.4 Å². The van der Waals surface area contributed by atoms with E-state index in [4.69, 9.17) is 13.6 Å².